The lowest BCUT2D eigenvalue weighted by Crippen LogP contribution is -2.31. The average molecular weight is 515 g/mol. The second-order valence-corrected chi connectivity index (χ2v) is 12.4. The third kappa shape index (κ3) is 4.05. The minimum atomic E-state index is -3.86. The molecule has 184 valence electrons. The molecule has 1 saturated carbocycles. The first kappa shape index (κ1) is 23.6. The number of aromatic nitrogens is 5. The van der Waals surface area contributed by atoms with Gasteiger partial charge in [0, 0.05) is 23.6 Å². The van der Waals surface area contributed by atoms with Crippen molar-refractivity contribution in [3.63, 3.8) is 0 Å². The van der Waals surface area contributed by atoms with Crippen molar-refractivity contribution in [1.82, 2.24) is 28.3 Å². The predicted octanol–water partition coefficient (Wildman–Crippen LogP) is 2.96. The van der Waals surface area contributed by atoms with Crippen molar-refractivity contribution in [2.24, 2.45) is 5.92 Å². The Balaban J connectivity index is 1.59. The van der Waals surface area contributed by atoms with Gasteiger partial charge in [0.1, 0.15) is 5.82 Å². The molecule has 0 aliphatic heterocycles. The molecule has 0 spiro atoms. The molecule has 35 heavy (non-hydrogen) atoms. The number of nitrogens with one attached hydrogen (secondary N) is 1. The van der Waals surface area contributed by atoms with Crippen LogP contribution in [0.25, 0.3) is 16.8 Å². The van der Waals surface area contributed by atoms with E-state index < -0.39 is 20.0 Å². The van der Waals surface area contributed by atoms with Crippen LogP contribution >= 0.6 is 0 Å². The Morgan fingerprint density at radius 1 is 1.11 bits per heavy atom. The van der Waals surface area contributed by atoms with E-state index in [0.29, 0.717) is 29.8 Å². The Kier molecular flexibility index (Phi) is 5.77. The normalized spacial score (nSPS) is 21.1. The molecule has 0 saturated heterocycles. The van der Waals surface area contributed by atoms with Crippen LogP contribution in [0.3, 0.4) is 0 Å². The van der Waals surface area contributed by atoms with Crippen molar-refractivity contribution in [3.05, 3.63) is 66.1 Å². The molecule has 1 N–H and O–H groups in total. The second kappa shape index (κ2) is 8.54. The zero-order chi connectivity index (χ0) is 25.0. The molecule has 10 nitrogen and oxygen atoms in total. The molecular weight excluding hydrogens is 488 g/mol. The summed E-state index contributed by atoms with van der Waals surface area (Å²) in [6.07, 6.45) is 5.05. The van der Waals surface area contributed by atoms with Gasteiger partial charge in [-0.2, -0.15) is 0 Å². The zero-order valence-corrected chi connectivity index (χ0v) is 21.0. The largest absolute Gasteiger partial charge is 0.274 e. The van der Waals surface area contributed by atoms with Crippen molar-refractivity contribution in [2.75, 3.05) is 0 Å². The van der Waals surface area contributed by atoms with Crippen molar-refractivity contribution >= 4 is 36.9 Å². The highest BCUT2D eigenvalue weighted by Gasteiger charge is 2.38. The van der Waals surface area contributed by atoms with E-state index in [9.17, 15) is 16.8 Å². The van der Waals surface area contributed by atoms with E-state index in [0.717, 1.165) is 17.4 Å². The van der Waals surface area contributed by atoms with E-state index in [-0.39, 0.29) is 28.4 Å². The second-order valence-electron chi connectivity index (χ2n) is 8.92. The maximum absolute atomic E-state index is 13.3. The van der Waals surface area contributed by atoms with Gasteiger partial charge in [0.25, 0.3) is 10.0 Å². The van der Waals surface area contributed by atoms with Crippen LogP contribution in [-0.4, -0.2) is 46.4 Å². The molecule has 0 amide bonds. The molecule has 1 fully saturated rings. The number of nitrogens with zero attached hydrogens (tertiary/aromatic N) is 5. The van der Waals surface area contributed by atoms with Gasteiger partial charge in [-0.1, -0.05) is 37.6 Å². The van der Waals surface area contributed by atoms with Crippen molar-refractivity contribution in [1.29, 1.82) is 0 Å². The lowest BCUT2D eigenvalue weighted by Gasteiger charge is -2.16. The fourth-order valence-electron chi connectivity index (χ4n) is 4.98. The van der Waals surface area contributed by atoms with E-state index in [1.165, 1.54) is 16.4 Å². The predicted molar refractivity (Wildman–Crippen MR) is 132 cm³/mol. The first-order valence-corrected chi connectivity index (χ1v) is 14.3. The smallest absolute Gasteiger partial charge is 0.269 e. The van der Waals surface area contributed by atoms with Crippen LogP contribution in [0, 0.1) is 12.8 Å². The Morgan fingerprint density at radius 3 is 2.54 bits per heavy atom. The molecule has 1 aromatic carbocycles. The highest BCUT2D eigenvalue weighted by Crippen LogP contribution is 2.41. The van der Waals surface area contributed by atoms with Gasteiger partial charge in [0.2, 0.25) is 10.0 Å². The Labute approximate surface area is 203 Å². The Hall–Kier alpha value is -3.09. The molecule has 5 rings (SSSR count). The van der Waals surface area contributed by atoms with E-state index in [2.05, 4.69) is 33.4 Å². The van der Waals surface area contributed by atoms with Gasteiger partial charge in [-0.05, 0) is 43.9 Å². The Morgan fingerprint density at radius 2 is 1.86 bits per heavy atom. The van der Waals surface area contributed by atoms with Crippen LogP contribution in [0.5, 0.6) is 0 Å². The van der Waals surface area contributed by atoms with Crippen LogP contribution in [-0.2, 0) is 20.0 Å². The summed E-state index contributed by atoms with van der Waals surface area (Å²) in [6.45, 7) is 7.33. The van der Waals surface area contributed by atoms with E-state index >= 15 is 0 Å². The third-order valence-electron chi connectivity index (χ3n) is 6.74. The molecule has 0 radical (unpaired) electrons. The summed E-state index contributed by atoms with van der Waals surface area (Å²) >= 11 is 0. The molecule has 1 unspecified atom stereocenters. The standard InChI is InChI=1S/C23H26N6O4S2/c1-4-16-12-17(27-34(30,31)5-2)13-19(16)22-26-25-21-14-24-23-20(29(21)22)10-11-28(23)35(32,33)18-8-6-15(3)7-9-18/h5-11,14,16-17,19,27H,2,4,12-13H2,1,3H3/t16-,17?,19+/m1/s1. The van der Waals surface area contributed by atoms with Crippen molar-refractivity contribution in [2.45, 2.75) is 50.0 Å². The first-order valence-electron chi connectivity index (χ1n) is 11.3. The first-order chi connectivity index (χ1) is 16.6. The third-order valence-corrected chi connectivity index (χ3v) is 9.52. The monoisotopic (exact) mass is 514 g/mol. The summed E-state index contributed by atoms with van der Waals surface area (Å²) in [5.41, 5.74) is 2.31. The summed E-state index contributed by atoms with van der Waals surface area (Å²) in [7, 11) is -7.41. The zero-order valence-electron chi connectivity index (χ0n) is 19.4. The molecular formula is C23H26N6O4S2. The minimum absolute atomic E-state index is 0.0600. The molecule has 1 aliphatic carbocycles. The maximum Gasteiger partial charge on any atom is 0.269 e. The minimum Gasteiger partial charge on any atom is -0.274 e. The maximum atomic E-state index is 13.3. The topological polar surface area (TPSA) is 128 Å². The Bertz CT molecular complexity index is 1640. The van der Waals surface area contributed by atoms with Crippen molar-refractivity contribution < 1.29 is 16.8 Å². The number of fused-ring (bicyclic) bond motifs is 3. The average Bonchev–Trinajstić information content (AvgIpc) is 3.54. The van der Waals surface area contributed by atoms with Gasteiger partial charge in [-0.15, -0.1) is 10.2 Å². The SMILES string of the molecule is C=CS(=O)(=O)NC1C[C@@H](CC)[C@@H](c2nnc3cnc4c(ccn4S(=O)(=O)c4ccc(C)cc4)n23)C1. The molecule has 12 heteroatoms. The highest BCUT2D eigenvalue weighted by atomic mass is 32.2. The quantitative estimate of drug-likeness (QED) is 0.401. The summed E-state index contributed by atoms with van der Waals surface area (Å²) in [5.74, 6) is 0.793. The molecule has 1 aliphatic rings. The van der Waals surface area contributed by atoms with Gasteiger partial charge in [0.15, 0.2) is 11.3 Å². The summed E-state index contributed by atoms with van der Waals surface area (Å²) < 4.78 is 56.5. The number of hydrogen-bond donors (Lipinski definition) is 1. The molecule has 0 bridgehead atoms. The fraction of sp³-hybridized carbons (Fsp3) is 0.348. The van der Waals surface area contributed by atoms with Gasteiger partial charge in [0.05, 0.1) is 16.6 Å². The van der Waals surface area contributed by atoms with Crippen LogP contribution in [0.4, 0.5) is 0 Å². The number of hydrogen-bond acceptors (Lipinski definition) is 7. The number of rotatable bonds is 7. The summed E-state index contributed by atoms with van der Waals surface area (Å²) in [6, 6.07) is 8.11. The van der Waals surface area contributed by atoms with Gasteiger partial charge in [-0.25, -0.2) is 30.5 Å². The summed E-state index contributed by atoms with van der Waals surface area (Å²) in [5, 5.41) is 9.62. The fourth-order valence-corrected chi connectivity index (χ4v) is 7.03. The van der Waals surface area contributed by atoms with E-state index in [4.69, 9.17) is 0 Å². The van der Waals surface area contributed by atoms with Crippen LogP contribution < -0.4 is 4.72 Å². The van der Waals surface area contributed by atoms with E-state index in [1.807, 2.05) is 11.3 Å². The number of aryl methyl sites for hydroxylation is 1. The van der Waals surface area contributed by atoms with Crippen LogP contribution in [0.1, 0.15) is 43.5 Å². The van der Waals surface area contributed by atoms with Gasteiger partial charge >= 0.3 is 0 Å². The molecule has 3 atom stereocenters. The molecule has 3 aromatic heterocycles. The van der Waals surface area contributed by atoms with E-state index in [1.54, 1.807) is 30.3 Å². The lowest BCUT2D eigenvalue weighted by atomic mass is 9.93. The number of benzene rings is 1. The van der Waals surface area contributed by atoms with Gasteiger partial charge in [-0.3, -0.25) is 4.40 Å². The molecule has 3 heterocycles. The van der Waals surface area contributed by atoms with Crippen LogP contribution in [0.2, 0.25) is 0 Å². The van der Waals surface area contributed by atoms with Crippen LogP contribution in [0.15, 0.2) is 59.6 Å². The lowest BCUT2D eigenvalue weighted by molar-refractivity contribution is 0.449. The van der Waals surface area contributed by atoms with Crippen molar-refractivity contribution in [3.8, 4) is 0 Å². The van der Waals surface area contributed by atoms with Gasteiger partial charge < -0.3 is 0 Å². The number of sulfonamides is 1. The summed E-state index contributed by atoms with van der Waals surface area (Å²) in [4.78, 5) is 4.56. The highest BCUT2D eigenvalue weighted by molar-refractivity contribution is 7.92. The molecule has 4 aromatic rings.